The molecule has 0 aromatic carbocycles. The molecule has 124 valence electrons. The average Bonchev–Trinajstić information content (AvgIpc) is 2.41. The molecule has 1 aromatic heterocycles. The highest BCUT2D eigenvalue weighted by Crippen LogP contribution is 2.28. The number of piperazine rings is 1. The molecule has 1 fully saturated rings. The fourth-order valence-corrected chi connectivity index (χ4v) is 2.61. The predicted octanol–water partition coefficient (Wildman–Crippen LogP) is 2.92. The smallest absolute Gasteiger partial charge is 0.390 e. The number of aromatic nitrogens is 1. The molecule has 1 aromatic rings. The lowest BCUT2D eigenvalue weighted by Crippen LogP contribution is -2.52. The molecule has 1 aliphatic heterocycles. The average molecular weight is 341 g/mol. The van der Waals surface area contributed by atoms with Crippen LogP contribution in [0.25, 0.3) is 0 Å². The molecular weight excluding hydrogens is 324 g/mol. The standard InChI is InChI=1S/C13H17ClF4N4/c1-8-7-21(3-2-13(16,17)18)4-5-22(8)10-6-9(19)11(14)12(15)20-10/h6,8H,2-5,7H2,1H3,(H2,19,20)/t8-/m0/s1. The fourth-order valence-electron chi connectivity index (χ4n) is 2.51. The molecule has 0 saturated carbocycles. The number of rotatable bonds is 3. The second-order valence-corrected chi connectivity index (χ2v) is 5.76. The van der Waals surface area contributed by atoms with Crippen LogP contribution in [-0.4, -0.2) is 48.3 Å². The molecule has 9 heteroatoms. The largest absolute Gasteiger partial charge is 0.397 e. The first-order chi connectivity index (χ1) is 10.2. The molecular formula is C13H17ClF4N4. The summed E-state index contributed by atoms with van der Waals surface area (Å²) >= 11 is 5.64. The van der Waals surface area contributed by atoms with Crippen LogP contribution in [0.15, 0.2) is 6.07 Å². The maximum Gasteiger partial charge on any atom is 0.390 e. The molecule has 22 heavy (non-hydrogen) atoms. The number of hydrogen-bond donors (Lipinski definition) is 1. The minimum Gasteiger partial charge on any atom is -0.397 e. The van der Waals surface area contributed by atoms with Crippen LogP contribution in [0, 0.1) is 5.95 Å². The number of hydrogen-bond acceptors (Lipinski definition) is 4. The number of nitrogens with zero attached hydrogens (tertiary/aromatic N) is 3. The predicted molar refractivity (Wildman–Crippen MR) is 77.5 cm³/mol. The van der Waals surface area contributed by atoms with E-state index in [9.17, 15) is 17.6 Å². The van der Waals surface area contributed by atoms with Crippen LogP contribution < -0.4 is 10.6 Å². The summed E-state index contributed by atoms with van der Waals surface area (Å²) in [5.41, 5.74) is 5.72. The highest BCUT2D eigenvalue weighted by molar-refractivity contribution is 6.33. The van der Waals surface area contributed by atoms with Crippen molar-refractivity contribution in [1.82, 2.24) is 9.88 Å². The fraction of sp³-hybridized carbons (Fsp3) is 0.615. The Morgan fingerprint density at radius 3 is 2.64 bits per heavy atom. The van der Waals surface area contributed by atoms with Gasteiger partial charge in [-0.15, -0.1) is 0 Å². The van der Waals surface area contributed by atoms with E-state index in [1.54, 1.807) is 4.90 Å². The van der Waals surface area contributed by atoms with Crippen molar-refractivity contribution in [3.05, 3.63) is 17.0 Å². The van der Waals surface area contributed by atoms with Gasteiger partial charge in [-0.2, -0.15) is 17.6 Å². The van der Waals surface area contributed by atoms with Gasteiger partial charge in [0.05, 0.1) is 12.1 Å². The van der Waals surface area contributed by atoms with Gasteiger partial charge in [-0.05, 0) is 6.92 Å². The monoisotopic (exact) mass is 340 g/mol. The van der Waals surface area contributed by atoms with Gasteiger partial charge in [-0.3, -0.25) is 4.90 Å². The van der Waals surface area contributed by atoms with Crippen molar-refractivity contribution in [1.29, 1.82) is 0 Å². The molecule has 0 unspecified atom stereocenters. The van der Waals surface area contributed by atoms with Gasteiger partial charge in [0.2, 0.25) is 5.95 Å². The van der Waals surface area contributed by atoms with Gasteiger partial charge in [-0.1, -0.05) is 11.6 Å². The lowest BCUT2D eigenvalue weighted by molar-refractivity contribution is -0.138. The van der Waals surface area contributed by atoms with E-state index in [1.165, 1.54) is 6.07 Å². The maximum absolute atomic E-state index is 13.6. The van der Waals surface area contributed by atoms with Crippen molar-refractivity contribution in [3.8, 4) is 0 Å². The van der Waals surface area contributed by atoms with Gasteiger partial charge >= 0.3 is 6.18 Å². The third-order valence-corrected chi connectivity index (χ3v) is 4.02. The Hall–Kier alpha value is -1.28. The Bertz CT molecular complexity index is 514. The van der Waals surface area contributed by atoms with E-state index in [0.29, 0.717) is 25.5 Å². The van der Waals surface area contributed by atoms with E-state index in [-0.39, 0.29) is 23.3 Å². The zero-order valence-electron chi connectivity index (χ0n) is 12.0. The normalized spacial score (nSPS) is 20.5. The van der Waals surface area contributed by atoms with E-state index in [4.69, 9.17) is 17.3 Å². The van der Waals surface area contributed by atoms with Gasteiger partial charge in [0, 0.05) is 38.3 Å². The minimum atomic E-state index is -4.16. The van der Waals surface area contributed by atoms with E-state index >= 15 is 0 Å². The second kappa shape index (κ2) is 6.45. The lowest BCUT2D eigenvalue weighted by Gasteiger charge is -2.40. The molecule has 2 heterocycles. The molecule has 1 saturated heterocycles. The third-order valence-electron chi connectivity index (χ3n) is 3.65. The molecule has 0 amide bonds. The molecule has 2 rings (SSSR count). The van der Waals surface area contributed by atoms with Crippen molar-refractivity contribution in [3.63, 3.8) is 0 Å². The molecule has 0 aliphatic carbocycles. The summed E-state index contributed by atoms with van der Waals surface area (Å²) in [7, 11) is 0. The first-order valence-electron chi connectivity index (χ1n) is 6.84. The Labute approximate surface area is 130 Å². The van der Waals surface area contributed by atoms with E-state index in [0.717, 1.165) is 0 Å². The molecule has 1 aliphatic rings. The summed E-state index contributed by atoms with van der Waals surface area (Å²) in [5.74, 6) is -0.495. The van der Waals surface area contributed by atoms with Crippen LogP contribution in [0.1, 0.15) is 13.3 Å². The summed E-state index contributed by atoms with van der Waals surface area (Å²) in [4.78, 5) is 7.33. The molecule has 4 nitrogen and oxygen atoms in total. The summed E-state index contributed by atoms with van der Waals surface area (Å²) in [6.45, 7) is 3.16. The van der Waals surface area contributed by atoms with Crippen LogP contribution in [0.5, 0.6) is 0 Å². The van der Waals surface area contributed by atoms with Crippen LogP contribution in [0.4, 0.5) is 29.1 Å². The lowest BCUT2D eigenvalue weighted by atomic mass is 10.1. The van der Waals surface area contributed by atoms with Gasteiger partial charge in [0.15, 0.2) is 0 Å². The van der Waals surface area contributed by atoms with E-state index in [2.05, 4.69) is 4.98 Å². The van der Waals surface area contributed by atoms with Crippen LogP contribution in [0.2, 0.25) is 5.02 Å². The molecule has 2 N–H and O–H groups in total. The molecule has 0 radical (unpaired) electrons. The Kier molecular flexibility index (Phi) is 5.01. The third kappa shape index (κ3) is 4.13. The summed E-state index contributed by atoms with van der Waals surface area (Å²) in [5, 5.41) is -0.222. The van der Waals surface area contributed by atoms with Crippen molar-refractivity contribution in [2.24, 2.45) is 0 Å². The van der Waals surface area contributed by atoms with Crippen LogP contribution >= 0.6 is 11.6 Å². The van der Waals surface area contributed by atoms with Crippen LogP contribution in [0.3, 0.4) is 0 Å². The Balaban J connectivity index is 2.02. The zero-order chi connectivity index (χ0) is 16.5. The molecule has 1 atom stereocenters. The van der Waals surface area contributed by atoms with Crippen molar-refractivity contribution >= 4 is 23.1 Å². The topological polar surface area (TPSA) is 45.4 Å². The number of halogens is 5. The maximum atomic E-state index is 13.6. The minimum absolute atomic E-state index is 0.0355. The first-order valence-corrected chi connectivity index (χ1v) is 7.22. The second-order valence-electron chi connectivity index (χ2n) is 5.38. The number of anilines is 2. The number of alkyl halides is 3. The Morgan fingerprint density at radius 1 is 1.41 bits per heavy atom. The summed E-state index contributed by atoms with van der Waals surface area (Å²) < 4.78 is 50.3. The van der Waals surface area contributed by atoms with Gasteiger partial charge in [0.25, 0.3) is 0 Å². The Morgan fingerprint density at radius 2 is 2.09 bits per heavy atom. The zero-order valence-corrected chi connectivity index (χ0v) is 12.8. The quantitative estimate of drug-likeness (QED) is 0.679. The van der Waals surface area contributed by atoms with E-state index < -0.39 is 18.5 Å². The highest BCUT2D eigenvalue weighted by atomic mass is 35.5. The number of nitrogen functional groups attached to an aromatic ring is 1. The van der Waals surface area contributed by atoms with Gasteiger partial charge in [-0.25, -0.2) is 4.98 Å². The highest BCUT2D eigenvalue weighted by Gasteiger charge is 2.31. The SMILES string of the molecule is C[C@H]1CN(CCC(F)(F)F)CCN1c1cc(N)c(Cl)c(F)n1. The van der Waals surface area contributed by atoms with Crippen LogP contribution in [-0.2, 0) is 0 Å². The van der Waals surface area contributed by atoms with Crippen molar-refractivity contribution in [2.75, 3.05) is 36.8 Å². The van der Waals surface area contributed by atoms with Crippen molar-refractivity contribution in [2.45, 2.75) is 25.6 Å². The number of nitrogens with two attached hydrogens (primary N) is 1. The van der Waals surface area contributed by atoms with E-state index in [1.807, 2.05) is 11.8 Å². The molecule has 0 bridgehead atoms. The summed E-state index contributed by atoms with van der Waals surface area (Å²) in [6, 6.07) is 1.38. The number of pyridine rings is 1. The summed E-state index contributed by atoms with van der Waals surface area (Å²) in [6.07, 6.45) is -4.99. The first kappa shape index (κ1) is 17.1. The van der Waals surface area contributed by atoms with Gasteiger partial charge in [0.1, 0.15) is 10.8 Å². The van der Waals surface area contributed by atoms with Crippen molar-refractivity contribution < 1.29 is 17.6 Å². The molecule has 0 spiro atoms. The van der Waals surface area contributed by atoms with Gasteiger partial charge < -0.3 is 10.6 Å².